The maximum absolute atomic E-state index is 8.87. The average Bonchev–Trinajstić information content (AvgIpc) is 2.76. The van der Waals surface area contributed by atoms with Gasteiger partial charge < -0.3 is 14.6 Å². The van der Waals surface area contributed by atoms with Gasteiger partial charge >= 0.3 is 0 Å². The lowest BCUT2D eigenvalue weighted by molar-refractivity contribution is -0.0701. The van der Waals surface area contributed by atoms with E-state index in [4.69, 9.17) is 14.6 Å². The number of unbranched alkanes of at least 4 members (excludes halogenated alkanes) is 6. The molecule has 0 unspecified atom stereocenters. The number of rotatable bonds is 9. The first-order valence-corrected chi connectivity index (χ1v) is 6.74. The molecule has 1 saturated heterocycles. The summed E-state index contributed by atoms with van der Waals surface area (Å²) < 4.78 is 10.9. The van der Waals surface area contributed by atoms with Crippen LogP contribution in [0.5, 0.6) is 0 Å². The van der Waals surface area contributed by atoms with Crippen LogP contribution in [0.25, 0.3) is 0 Å². The van der Waals surface area contributed by atoms with Crippen molar-refractivity contribution in [2.24, 2.45) is 0 Å². The van der Waals surface area contributed by atoms with Crippen molar-refractivity contribution in [2.75, 3.05) is 13.2 Å². The third-order valence-electron chi connectivity index (χ3n) is 3.06. The standard InChI is InChI=1S/C13H26O3/c1-2-3-4-5-6-7-8-9-13-15-11-12(10-14)16-13/h12-14H,2-11H2,1H3/t12-,13+/m0/s1. The summed E-state index contributed by atoms with van der Waals surface area (Å²) in [6, 6.07) is 0. The van der Waals surface area contributed by atoms with Gasteiger partial charge in [-0.2, -0.15) is 0 Å². The smallest absolute Gasteiger partial charge is 0.158 e. The largest absolute Gasteiger partial charge is 0.394 e. The van der Waals surface area contributed by atoms with E-state index in [1.165, 1.54) is 44.9 Å². The lowest BCUT2D eigenvalue weighted by atomic mass is 10.1. The van der Waals surface area contributed by atoms with E-state index in [9.17, 15) is 0 Å². The lowest BCUT2D eigenvalue weighted by Gasteiger charge is -2.09. The van der Waals surface area contributed by atoms with Gasteiger partial charge in [-0.05, 0) is 12.8 Å². The first-order chi connectivity index (χ1) is 7.86. The van der Waals surface area contributed by atoms with Gasteiger partial charge in [0.25, 0.3) is 0 Å². The highest BCUT2D eigenvalue weighted by molar-refractivity contribution is 4.63. The first-order valence-electron chi connectivity index (χ1n) is 6.74. The van der Waals surface area contributed by atoms with E-state index >= 15 is 0 Å². The molecule has 3 nitrogen and oxygen atoms in total. The van der Waals surface area contributed by atoms with Crippen molar-refractivity contribution in [1.82, 2.24) is 0 Å². The Labute approximate surface area is 99.1 Å². The predicted molar refractivity (Wildman–Crippen MR) is 64.3 cm³/mol. The second kappa shape index (κ2) is 8.97. The molecule has 96 valence electrons. The molecule has 3 heteroatoms. The van der Waals surface area contributed by atoms with Gasteiger partial charge in [0, 0.05) is 0 Å². The zero-order valence-corrected chi connectivity index (χ0v) is 10.5. The molecule has 0 saturated carbocycles. The Balaban J connectivity index is 1.84. The van der Waals surface area contributed by atoms with Gasteiger partial charge in [0.05, 0.1) is 13.2 Å². The van der Waals surface area contributed by atoms with Crippen LogP contribution in [-0.4, -0.2) is 30.7 Å². The van der Waals surface area contributed by atoms with Crippen LogP contribution < -0.4 is 0 Å². The minimum absolute atomic E-state index is 0.0622. The average molecular weight is 230 g/mol. The molecule has 0 aromatic heterocycles. The summed E-state index contributed by atoms with van der Waals surface area (Å²) in [4.78, 5) is 0. The molecule has 1 N–H and O–H groups in total. The van der Waals surface area contributed by atoms with E-state index in [1.54, 1.807) is 0 Å². The Morgan fingerprint density at radius 3 is 2.38 bits per heavy atom. The zero-order chi connectivity index (χ0) is 11.6. The van der Waals surface area contributed by atoms with Crippen LogP contribution >= 0.6 is 0 Å². The van der Waals surface area contributed by atoms with Crippen LogP contribution in [0, 0.1) is 0 Å². The second-order valence-corrected chi connectivity index (χ2v) is 4.61. The van der Waals surface area contributed by atoms with Crippen molar-refractivity contribution in [2.45, 2.75) is 70.7 Å². The van der Waals surface area contributed by atoms with Gasteiger partial charge in [-0.25, -0.2) is 0 Å². The Kier molecular flexibility index (Phi) is 7.81. The highest BCUT2D eigenvalue weighted by Gasteiger charge is 2.24. The maximum atomic E-state index is 8.87. The topological polar surface area (TPSA) is 38.7 Å². The van der Waals surface area contributed by atoms with Gasteiger partial charge in [-0.15, -0.1) is 0 Å². The van der Waals surface area contributed by atoms with Gasteiger partial charge in [0.2, 0.25) is 0 Å². The molecule has 0 bridgehead atoms. The van der Waals surface area contributed by atoms with Crippen molar-refractivity contribution < 1.29 is 14.6 Å². The van der Waals surface area contributed by atoms with E-state index < -0.39 is 0 Å². The summed E-state index contributed by atoms with van der Waals surface area (Å²) in [6.07, 6.45) is 10.0. The Hall–Kier alpha value is -0.120. The number of aliphatic hydroxyl groups is 1. The Bertz CT molecular complexity index is 161. The molecule has 1 aliphatic rings. The van der Waals surface area contributed by atoms with Gasteiger partial charge in [0.1, 0.15) is 6.10 Å². The predicted octanol–water partition coefficient (Wildman–Crippen LogP) is 2.86. The number of hydrogen-bond donors (Lipinski definition) is 1. The van der Waals surface area contributed by atoms with E-state index in [0.717, 1.165) is 6.42 Å². The number of aliphatic hydroxyl groups excluding tert-OH is 1. The molecule has 16 heavy (non-hydrogen) atoms. The molecule has 0 aromatic carbocycles. The molecule has 2 atom stereocenters. The fourth-order valence-corrected chi connectivity index (χ4v) is 2.02. The van der Waals surface area contributed by atoms with Crippen molar-refractivity contribution in [3.63, 3.8) is 0 Å². The number of hydrogen-bond acceptors (Lipinski definition) is 3. The molecule has 0 amide bonds. The second-order valence-electron chi connectivity index (χ2n) is 4.61. The summed E-state index contributed by atoms with van der Waals surface area (Å²) in [7, 11) is 0. The summed E-state index contributed by atoms with van der Waals surface area (Å²) >= 11 is 0. The van der Waals surface area contributed by atoms with Crippen molar-refractivity contribution in [3.8, 4) is 0 Å². The third kappa shape index (κ3) is 5.83. The molecular weight excluding hydrogens is 204 g/mol. The molecule has 0 spiro atoms. The SMILES string of the molecule is CCCCCCCCC[C@@H]1OC[C@H](CO)O1. The quantitative estimate of drug-likeness (QED) is 0.619. The molecule has 1 rings (SSSR count). The van der Waals surface area contributed by atoms with Crippen LogP contribution in [0.1, 0.15) is 58.3 Å². The van der Waals surface area contributed by atoms with Crippen LogP contribution in [-0.2, 0) is 9.47 Å². The minimum Gasteiger partial charge on any atom is -0.394 e. The molecule has 1 aliphatic heterocycles. The molecule has 0 aliphatic carbocycles. The van der Waals surface area contributed by atoms with E-state index in [0.29, 0.717) is 6.61 Å². The monoisotopic (exact) mass is 230 g/mol. The summed E-state index contributed by atoms with van der Waals surface area (Å²) in [5.41, 5.74) is 0. The molecule has 1 heterocycles. The van der Waals surface area contributed by atoms with Crippen molar-refractivity contribution >= 4 is 0 Å². The van der Waals surface area contributed by atoms with Crippen LogP contribution in [0.15, 0.2) is 0 Å². The van der Waals surface area contributed by atoms with Crippen LogP contribution in [0.2, 0.25) is 0 Å². The maximum Gasteiger partial charge on any atom is 0.158 e. The molecule has 0 aromatic rings. The fourth-order valence-electron chi connectivity index (χ4n) is 2.02. The molecular formula is C13H26O3. The van der Waals surface area contributed by atoms with E-state index in [1.807, 2.05) is 0 Å². The van der Waals surface area contributed by atoms with Crippen molar-refractivity contribution in [1.29, 1.82) is 0 Å². The van der Waals surface area contributed by atoms with E-state index in [-0.39, 0.29) is 19.0 Å². The third-order valence-corrected chi connectivity index (χ3v) is 3.06. The van der Waals surface area contributed by atoms with Crippen molar-refractivity contribution in [3.05, 3.63) is 0 Å². The Morgan fingerprint density at radius 1 is 1.06 bits per heavy atom. The summed E-state index contributed by atoms with van der Waals surface area (Å²) in [5.74, 6) is 0. The number of ether oxygens (including phenoxy) is 2. The highest BCUT2D eigenvalue weighted by Crippen LogP contribution is 2.17. The van der Waals surface area contributed by atoms with Gasteiger partial charge in [-0.3, -0.25) is 0 Å². The summed E-state index contributed by atoms with van der Waals surface area (Å²) in [5, 5.41) is 8.87. The highest BCUT2D eigenvalue weighted by atomic mass is 16.7. The van der Waals surface area contributed by atoms with E-state index in [2.05, 4.69) is 6.92 Å². The Morgan fingerprint density at radius 2 is 1.75 bits per heavy atom. The molecule has 1 fully saturated rings. The zero-order valence-electron chi connectivity index (χ0n) is 10.5. The first kappa shape index (κ1) is 13.9. The van der Waals surface area contributed by atoms with Gasteiger partial charge in [0.15, 0.2) is 6.29 Å². The normalized spacial score (nSPS) is 25.1. The van der Waals surface area contributed by atoms with Crippen LogP contribution in [0.4, 0.5) is 0 Å². The summed E-state index contributed by atoms with van der Waals surface area (Å²) in [6.45, 7) is 2.87. The lowest BCUT2D eigenvalue weighted by Crippen LogP contribution is -2.16. The minimum atomic E-state index is -0.0884. The molecule has 0 radical (unpaired) electrons. The van der Waals surface area contributed by atoms with Crippen LogP contribution in [0.3, 0.4) is 0 Å². The fraction of sp³-hybridized carbons (Fsp3) is 1.00. The van der Waals surface area contributed by atoms with Gasteiger partial charge in [-0.1, -0.05) is 45.4 Å².